The first-order chi connectivity index (χ1) is 15.4. The molecule has 0 aromatic heterocycles. The quantitative estimate of drug-likeness (QED) is 0.126. The van der Waals surface area contributed by atoms with Gasteiger partial charge in [0, 0.05) is 43.9 Å². The van der Waals surface area contributed by atoms with Gasteiger partial charge in [0.15, 0.2) is 17.0 Å². The van der Waals surface area contributed by atoms with Crippen molar-refractivity contribution in [2.75, 3.05) is 39.7 Å². The van der Waals surface area contributed by atoms with Crippen LogP contribution in [-0.2, 0) is 46.8 Å². The average molecular weight is 508 g/mol. The van der Waals surface area contributed by atoms with Crippen molar-refractivity contribution in [2.24, 2.45) is 5.41 Å². The van der Waals surface area contributed by atoms with E-state index >= 15 is 0 Å². The van der Waals surface area contributed by atoms with Crippen LogP contribution in [0.3, 0.4) is 0 Å². The van der Waals surface area contributed by atoms with Gasteiger partial charge in [-0.3, -0.25) is 32.7 Å². The van der Waals surface area contributed by atoms with Gasteiger partial charge in [0.2, 0.25) is 11.8 Å². The molecular weight excluding hydrogens is 479 g/mol. The van der Waals surface area contributed by atoms with Crippen molar-refractivity contribution in [2.45, 2.75) is 32.8 Å². The van der Waals surface area contributed by atoms with Crippen LogP contribution in [0.5, 0.6) is 0 Å². The van der Waals surface area contributed by atoms with Crippen molar-refractivity contribution < 1.29 is 46.8 Å². The number of ketones is 1. The molecule has 12 nitrogen and oxygen atoms in total. The van der Waals surface area contributed by atoms with Gasteiger partial charge in [-0.2, -0.15) is 0 Å². The molecule has 186 valence electrons. The number of carbonyl (C=O) groups excluding carboxylic acids is 5. The first-order valence-corrected chi connectivity index (χ1v) is 12.3. The number of hydrogen-bond donors (Lipinski definition) is 2. The zero-order chi connectivity index (χ0) is 25.1. The molecule has 0 saturated carbocycles. The van der Waals surface area contributed by atoms with Crippen LogP contribution in [0.15, 0.2) is 12.2 Å². The summed E-state index contributed by atoms with van der Waals surface area (Å²) in [4.78, 5) is 58.5. The van der Waals surface area contributed by atoms with Crippen LogP contribution in [0.4, 0.5) is 0 Å². The second-order valence-corrected chi connectivity index (χ2v) is 10.4. The number of amides is 2. The van der Waals surface area contributed by atoms with Gasteiger partial charge in [0.25, 0.3) is 0 Å². The Morgan fingerprint density at radius 3 is 2.45 bits per heavy atom. The predicted molar refractivity (Wildman–Crippen MR) is 118 cm³/mol. The number of nitrogens with one attached hydrogen (secondary N) is 2. The van der Waals surface area contributed by atoms with E-state index in [0.717, 1.165) is 31.0 Å². The van der Waals surface area contributed by atoms with E-state index in [1.165, 1.54) is 7.11 Å². The second kappa shape index (κ2) is 13.6. The lowest BCUT2D eigenvalue weighted by Gasteiger charge is -2.39. The molecule has 0 aromatic carbocycles. The topological polar surface area (TPSA) is 163 Å². The second-order valence-electron chi connectivity index (χ2n) is 7.49. The van der Waals surface area contributed by atoms with E-state index in [1.54, 1.807) is 13.8 Å². The van der Waals surface area contributed by atoms with Gasteiger partial charge >= 0.3 is 13.8 Å². The summed E-state index contributed by atoms with van der Waals surface area (Å²) in [6.45, 7) is 3.63. The summed E-state index contributed by atoms with van der Waals surface area (Å²) >= 11 is 0.875. The lowest BCUT2D eigenvalue weighted by molar-refractivity contribution is -0.141. The number of carbonyl (C=O) groups is 5. The van der Waals surface area contributed by atoms with Crippen LogP contribution in [-0.4, -0.2) is 74.5 Å². The minimum atomic E-state index is -3.80. The summed E-state index contributed by atoms with van der Waals surface area (Å²) in [6, 6.07) is 0. The van der Waals surface area contributed by atoms with E-state index in [1.807, 2.05) is 0 Å². The lowest BCUT2D eigenvalue weighted by atomic mass is 9.87. The Bertz CT molecular complexity index is 829. The molecule has 1 rings (SSSR count). The molecule has 1 heterocycles. The number of ether oxygens (including phenoxy) is 1. The number of rotatable bonds is 12. The molecule has 0 aromatic rings. The first-order valence-electron chi connectivity index (χ1n) is 9.90. The Morgan fingerprint density at radius 2 is 1.82 bits per heavy atom. The number of phosphoric acid groups is 1. The summed E-state index contributed by atoms with van der Waals surface area (Å²) in [6.07, 6.45) is 0.435. The van der Waals surface area contributed by atoms with E-state index in [-0.39, 0.29) is 44.2 Å². The molecule has 1 aliphatic rings. The van der Waals surface area contributed by atoms with Gasteiger partial charge in [0.1, 0.15) is 0 Å². The monoisotopic (exact) mass is 508 g/mol. The first kappa shape index (κ1) is 29.0. The summed E-state index contributed by atoms with van der Waals surface area (Å²) < 4.78 is 31.5. The third-order valence-corrected chi connectivity index (χ3v) is 6.50. The molecule has 1 saturated heterocycles. The van der Waals surface area contributed by atoms with Gasteiger partial charge in [-0.1, -0.05) is 25.6 Å². The Kier molecular flexibility index (Phi) is 12.0. The Morgan fingerprint density at radius 1 is 1.12 bits per heavy atom. The summed E-state index contributed by atoms with van der Waals surface area (Å²) in [5, 5.41) is 4.75. The highest BCUT2D eigenvalue weighted by atomic mass is 32.2. The Labute approximate surface area is 196 Å². The highest BCUT2D eigenvalue weighted by Crippen LogP contribution is 2.56. The molecule has 0 spiro atoms. The van der Waals surface area contributed by atoms with Crippen molar-refractivity contribution in [1.82, 2.24) is 10.6 Å². The molecule has 0 radical (unpaired) electrons. The maximum absolute atomic E-state index is 12.4. The maximum Gasteiger partial charge on any atom is 0.475 e. The van der Waals surface area contributed by atoms with Gasteiger partial charge in [-0.05, 0) is 6.08 Å². The van der Waals surface area contributed by atoms with Crippen LogP contribution in [0.1, 0.15) is 26.7 Å². The van der Waals surface area contributed by atoms with Crippen molar-refractivity contribution in [3.8, 4) is 0 Å². The third-order valence-electron chi connectivity index (χ3n) is 4.26. The molecule has 0 bridgehead atoms. The van der Waals surface area contributed by atoms with E-state index in [2.05, 4.69) is 15.4 Å². The fourth-order valence-corrected chi connectivity index (χ4v) is 4.50. The molecule has 2 atom stereocenters. The molecular formula is C19H29N2O10PS. The Balaban J connectivity index is 2.27. The standard InChI is InChI=1S/C19H29N2O10PS/c1-19(2)12-30-32(27,29-4)31-17(19)18(26)21-8-7-14(23)20-9-10-33-16(25)11-13(22)5-6-15(24)28-3/h5-6,17H,7-12H2,1-4H3,(H,20,23)(H,21,26)/b6-5+/t17-,32?/m0/s1. The van der Waals surface area contributed by atoms with Crippen LogP contribution in [0.25, 0.3) is 0 Å². The normalized spacial score (nSPS) is 21.9. The number of methoxy groups -OCH3 is 1. The minimum absolute atomic E-state index is 0.000240. The molecule has 2 N–H and O–H groups in total. The Hall–Kier alpha value is -2.05. The number of allylic oxidation sites excluding steroid dienone is 1. The fraction of sp³-hybridized carbons (Fsp3) is 0.632. The number of phosphoric ester groups is 1. The molecule has 2 amide bonds. The summed E-state index contributed by atoms with van der Waals surface area (Å²) in [5.74, 6) is -1.87. The van der Waals surface area contributed by atoms with Crippen LogP contribution < -0.4 is 10.6 Å². The lowest BCUT2D eigenvalue weighted by Crippen LogP contribution is -2.50. The van der Waals surface area contributed by atoms with E-state index in [0.29, 0.717) is 0 Å². The smallest absolute Gasteiger partial charge is 0.466 e. The summed E-state index contributed by atoms with van der Waals surface area (Å²) in [7, 11) is -1.47. The number of hydrogen-bond acceptors (Lipinski definition) is 11. The SMILES string of the molecule is COC(=O)/C=C/C(=O)CC(=O)SCCNC(=O)CCNC(=O)[C@@H]1OP(=O)(OC)OCC1(C)C. The number of esters is 1. The molecule has 0 aliphatic carbocycles. The van der Waals surface area contributed by atoms with Crippen molar-refractivity contribution in [1.29, 1.82) is 0 Å². The van der Waals surface area contributed by atoms with Crippen LogP contribution >= 0.6 is 19.6 Å². The van der Waals surface area contributed by atoms with Gasteiger partial charge in [-0.25, -0.2) is 9.36 Å². The van der Waals surface area contributed by atoms with Crippen LogP contribution in [0, 0.1) is 5.41 Å². The zero-order valence-electron chi connectivity index (χ0n) is 18.9. The molecule has 33 heavy (non-hydrogen) atoms. The molecule has 1 aliphatic heterocycles. The molecule has 14 heteroatoms. The third kappa shape index (κ3) is 10.6. The maximum atomic E-state index is 12.4. The van der Waals surface area contributed by atoms with Crippen molar-refractivity contribution >= 4 is 48.3 Å². The molecule has 1 fully saturated rings. The average Bonchev–Trinajstić information content (AvgIpc) is 2.76. The van der Waals surface area contributed by atoms with Crippen LogP contribution in [0.2, 0.25) is 0 Å². The highest BCUT2D eigenvalue weighted by Gasteiger charge is 2.48. The van der Waals surface area contributed by atoms with Gasteiger partial charge in [0.05, 0.1) is 20.1 Å². The van der Waals surface area contributed by atoms with Crippen molar-refractivity contribution in [3.63, 3.8) is 0 Å². The highest BCUT2D eigenvalue weighted by molar-refractivity contribution is 8.13. The molecule has 1 unspecified atom stereocenters. The van der Waals surface area contributed by atoms with E-state index < -0.39 is 42.1 Å². The fourth-order valence-electron chi connectivity index (χ4n) is 2.44. The minimum Gasteiger partial charge on any atom is -0.466 e. The number of thioether (sulfide) groups is 1. The van der Waals surface area contributed by atoms with Crippen molar-refractivity contribution in [3.05, 3.63) is 12.2 Å². The van der Waals surface area contributed by atoms with Gasteiger partial charge < -0.3 is 15.4 Å². The van der Waals surface area contributed by atoms with Gasteiger partial charge in [-0.15, -0.1) is 0 Å². The largest absolute Gasteiger partial charge is 0.475 e. The summed E-state index contributed by atoms with van der Waals surface area (Å²) in [5.41, 5.74) is -0.751. The van der Waals surface area contributed by atoms with E-state index in [4.69, 9.17) is 13.6 Å². The predicted octanol–water partition coefficient (Wildman–Crippen LogP) is 0.753. The zero-order valence-corrected chi connectivity index (χ0v) is 20.6. The van der Waals surface area contributed by atoms with E-state index in [9.17, 15) is 28.5 Å².